The van der Waals surface area contributed by atoms with E-state index in [1.54, 1.807) is 18.2 Å². The van der Waals surface area contributed by atoms with Gasteiger partial charge in [-0.1, -0.05) is 12.1 Å². The Hall–Kier alpha value is -3.83. The highest BCUT2D eigenvalue weighted by molar-refractivity contribution is 7.89. The van der Waals surface area contributed by atoms with Crippen LogP contribution in [0.3, 0.4) is 0 Å². The number of nitrogen functional groups attached to an aromatic ring is 1. The van der Waals surface area contributed by atoms with Crippen molar-refractivity contribution < 1.29 is 22.0 Å². The number of amides is 2. The zero-order valence-electron chi connectivity index (χ0n) is 16.5. The summed E-state index contributed by atoms with van der Waals surface area (Å²) in [6, 6.07) is 13.9. The second-order valence-corrected chi connectivity index (χ2v) is 8.43. The Balaban J connectivity index is 1.62. The number of sulfonamides is 1. The fourth-order valence-corrected chi connectivity index (χ4v) is 3.72. The lowest BCUT2D eigenvalue weighted by Crippen LogP contribution is -2.24. The van der Waals surface area contributed by atoms with E-state index in [2.05, 4.69) is 15.4 Å². The smallest absolute Gasteiger partial charge is 0.323 e. The first-order valence-corrected chi connectivity index (χ1v) is 10.7. The van der Waals surface area contributed by atoms with Gasteiger partial charge in [0.2, 0.25) is 10.0 Å². The Morgan fingerprint density at radius 3 is 2.31 bits per heavy atom. The number of carbonyl (C=O) groups excluding carboxylic acids is 1. The minimum Gasteiger partial charge on any atom is -0.384 e. The molecule has 11 heteroatoms. The molecule has 6 N–H and O–H groups in total. The molecule has 0 atom stereocenters. The van der Waals surface area contributed by atoms with Gasteiger partial charge in [-0.3, -0.25) is 5.41 Å². The van der Waals surface area contributed by atoms with Gasteiger partial charge in [-0.05, 0) is 54.6 Å². The maximum atomic E-state index is 13.7. The van der Waals surface area contributed by atoms with Crippen molar-refractivity contribution in [2.75, 3.05) is 10.6 Å². The van der Waals surface area contributed by atoms with Crippen molar-refractivity contribution in [2.45, 2.75) is 11.4 Å². The summed E-state index contributed by atoms with van der Waals surface area (Å²) in [7, 11) is -3.99. The van der Waals surface area contributed by atoms with Crippen molar-refractivity contribution in [2.24, 2.45) is 5.73 Å². The molecule has 0 saturated heterocycles. The number of amidine groups is 1. The van der Waals surface area contributed by atoms with Gasteiger partial charge < -0.3 is 16.4 Å². The SMILES string of the molecule is N=C(N)c1cccc(NC(=O)Nc2ccc(S(=O)(=O)NCc3cc(F)ccc3F)cc2)c1. The largest absolute Gasteiger partial charge is 0.384 e. The van der Waals surface area contributed by atoms with Gasteiger partial charge >= 0.3 is 6.03 Å². The molecule has 3 aromatic carbocycles. The quantitative estimate of drug-likeness (QED) is 0.273. The molecule has 3 aromatic rings. The van der Waals surface area contributed by atoms with Crippen LogP contribution in [0, 0.1) is 17.0 Å². The third kappa shape index (κ3) is 5.86. The predicted octanol–water partition coefficient (Wildman–Crippen LogP) is 3.37. The number of nitrogens with two attached hydrogens (primary N) is 1. The molecule has 3 rings (SSSR count). The number of hydrogen-bond acceptors (Lipinski definition) is 4. The molecular formula is C21H19F2N5O3S. The topological polar surface area (TPSA) is 137 Å². The molecule has 0 aliphatic carbocycles. The highest BCUT2D eigenvalue weighted by Gasteiger charge is 2.15. The van der Waals surface area contributed by atoms with Crippen LogP contribution in [0.15, 0.2) is 71.6 Å². The van der Waals surface area contributed by atoms with Crippen LogP contribution in [-0.4, -0.2) is 20.3 Å². The molecule has 0 bridgehead atoms. The molecule has 8 nitrogen and oxygen atoms in total. The molecule has 0 heterocycles. The lowest BCUT2D eigenvalue weighted by atomic mass is 10.2. The molecule has 32 heavy (non-hydrogen) atoms. The van der Waals surface area contributed by atoms with Gasteiger partial charge in [0.25, 0.3) is 0 Å². The molecule has 0 unspecified atom stereocenters. The Morgan fingerprint density at radius 1 is 0.938 bits per heavy atom. The number of nitrogens with one attached hydrogen (secondary N) is 4. The summed E-state index contributed by atoms with van der Waals surface area (Å²) in [5.41, 5.74) is 6.48. The van der Waals surface area contributed by atoms with Crippen molar-refractivity contribution in [3.63, 3.8) is 0 Å². The van der Waals surface area contributed by atoms with Crippen LogP contribution >= 0.6 is 0 Å². The summed E-state index contributed by atoms with van der Waals surface area (Å²) in [5.74, 6) is -1.55. The summed E-state index contributed by atoms with van der Waals surface area (Å²) in [4.78, 5) is 12.0. The zero-order valence-corrected chi connectivity index (χ0v) is 17.3. The van der Waals surface area contributed by atoms with Gasteiger partial charge in [-0.2, -0.15) is 0 Å². The van der Waals surface area contributed by atoms with Crippen molar-refractivity contribution in [3.8, 4) is 0 Å². The van der Waals surface area contributed by atoms with Gasteiger partial charge in [-0.25, -0.2) is 26.7 Å². The molecule has 0 saturated carbocycles. The van der Waals surface area contributed by atoms with E-state index in [0.717, 1.165) is 18.2 Å². The standard InChI is InChI=1S/C21H19F2N5O3S/c22-15-4-9-19(23)14(10-15)12-26-32(30,31)18-7-5-16(6-8-18)27-21(29)28-17-3-1-2-13(11-17)20(24)25/h1-11,26H,12H2,(H3,24,25)(H2,27,28,29). The Kier molecular flexibility index (Phi) is 6.81. The lowest BCUT2D eigenvalue weighted by Gasteiger charge is -2.10. The highest BCUT2D eigenvalue weighted by atomic mass is 32.2. The van der Waals surface area contributed by atoms with Crippen LogP contribution in [0.2, 0.25) is 0 Å². The van der Waals surface area contributed by atoms with E-state index >= 15 is 0 Å². The maximum Gasteiger partial charge on any atom is 0.323 e. The summed E-state index contributed by atoms with van der Waals surface area (Å²) < 4.78 is 53.9. The molecule has 0 fully saturated rings. The van der Waals surface area contributed by atoms with E-state index in [-0.39, 0.29) is 16.3 Å². The lowest BCUT2D eigenvalue weighted by molar-refractivity contribution is 0.262. The number of halogens is 2. The predicted molar refractivity (Wildman–Crippen MR) is 117 cm³/mol. The molecule has 2 amide bonds. The van der Waals surface area contributed by atoms with Gasteiger partial charge in [0.1, 0.15) is 17.5 Å². The summed E-state index contributed by atoms with van der Waals surface area (Å²) in [6.45, 7) is -0.423. The fraction of sp³-hybridized carbons (Fsp3) is 0.0476. The molecule has 166 valence electrons. The molecule has 0 radical (unpaired) electrons. The van der Waals surface area contributed by atoms with Crippen molar-refractivity contribution in [1.82, 2.24) is 4.72 Å². The monoisotopic (exact) mass is 459 g/mol. The van der Waals surface area contributed by atoms with Gasteiger partial charge in [0.05, 0.1) is 4.90 Å². The van der Waals surface area contributed by atoms with Crippen LogP contribution in [0.4, 0.5) is 25.0 Å². The second-order valence-electron chi connectivity index (χ2n) is 6.66. The minimum atomic E-state index is -3.99. The Bertz CT molecular complexity index is 1260. The first-order chi connectivity index (χ1) is 15.1. The van der Waals surface area contributed by atoms with E-state index < -0.39 is 34.2 Å². The molecule has 0 spiro atoms. The van der Waals surface area contributed by atoms with Crippen LogP contribution in [0.1, 0.15) is 11.1 Å². The van der Waals surface area contributed by atoms with Crippen LogP contribution in [-0.2, 0) is 16.6 Å². The maximum absolute atomic E-state index is 13.7. The number of carbonyl (C=O) groups is 1. The van der Waals surface area contributed by atoms with Crippen molar-refractivity contribution in [1.29, 1.82) is 5.41 Å². The molecule has 0 aromatic heterocycles. The number of benzene rings is 3. The molecule has 0 aliphatic rings. The second kappa shape index (κ2) is 9.54. The number of rotatable bonds is 7. The zero-order chi connectivity index (χ0) is 23.3. The van der Waals surface area contributed by atoms with Crippen LogP contribution < -0.4 is 21.1 Å². The van der Waals surface area contributed by atoms with Gasteiger partial charge in [0, 0.05) is 29.0 Å². The van der Waals surface area contributed by atoms with E-state index in [9.17, 15) is 22.0 Å². The number of anilines is 2. The van der Waals surface area contributed by atoms with E-state index in [4.69, 9.17) is 11.1 Å². The Morgan fingerprint density at radius 2 is 1.62 bits per heavy atom. The Labute approximate surface area is 183 Å². The normalized spacial score (nSPS) is 11.1. The summed E-state index contributed by atoms with van der Waals surface area (Å²) >= 11 is 0. The fourth-order valence-electron chi connectivity index (χ4n) is 2.71. The van der Waals surface area contributed by atoms with Gasteiger partial charge in [0.15, 0.2) is 0 Å². The third-order valence-corrected chi connectivity index (χ3v) is 5.73. The average Bonchev–Trinajstić information content (AvgIpc) is 2.75. The van der Waals surface area contributed by atoms with E-state index in [0.29, 0.717) is 16.9 Å². The summed E-state index contributed by atoms with van der Waals surface area (Å²) in [5, 5.41) is 12.6. The first kappa shape index (κ1) is 22.8. The van der Waals surface area contributed by atoms with Crippen molar-refractivity contribution in [3.05, 3.63) is 89.5 Å². The molecular weight excluding hydrogens is 440 g/mol. The minimum absolute atomic E-state index is 0.116. The van der Waals surface area contributed by atoms with Crippen LogP contribution in [0.25, 0.3) is 0 Å². The van der Waals surface area contributed by atoms with Gasteiger partial charge in [-0.15, -0.1) is 0 Å². The van der Waals surface area contributed by atoms with Crippen molar-refractivity contribution >= 4 is 33.3 Å². The van der Waals surface area contributed by atoms with E-state index in [1.165, 1.54) is 30.3 Å². The number of hydrogen-bond donors (Lipinski definition) is 5. The number of urea groups is 1. The third-order valence-electron chi connectivity index (χ3n) is 4.31. The van der Waals surface area contributed by atoms with Crippen LogP contribution in [0.5, 0.6) is 0 Å². The first-order valence-electron chi connectivity index (χ1n) is 9.20. The molecule has 0 aliphatic heterocycles. The average molecular weight is 459 g/mol. The highest BCUT2D eigenvalue weighted by Crippen LogP contribution is 2.17. The van der Waals surface area contributed by atoms with E-state index in [1.807, 2.05) is 0 Å². The summed E-state index contributed by atoms with van der Waals surface area (Å²) in [6.07, 6.45) is 0.